The number of hydrogen-bond acceptors (Lipinski definition) is 6. The summed E-state index contributed by atoms with van der Waals surface area (Å²) in [5.74, 6) is 0.139. The molecule has 2 amide bonds. The molecule has 1 fully saturated rings. The van der Waals surface area contributed by atoms with E-state index in [1.54, 1.807) is 27.7 Å². The number of amides is 2. The summed E-state index contributed by atoms with van der Waals surface area (Å²) in [4.78, 5) is 33.9. The van der Waals surface area contributed by atoms with E-state index in [4.69, 9.17) is 4.74 Å². The molecule has 0 radical (unpaired) electrons. The summed E-state index contributed by atoms with van der Waals surface area (Å²) in [6.45, 7) is 7.38. The summed E-state index contributed by atoms with van der Waals surface area (Å²) in [6.07, 6.45) is -4.95. The van der Waals surface area contributed by atoms with Gasteiger partial charge in [-0.25, -0.2) is 14.8 Å². The van der Waals surface area contributed by atoms with Crippen LogP contribution in [0.5, 0.6) is 0 Å². The van der Waals surface area contributed by atoms with Crippen LogP contribution in [-0.4, -0.2) is 58.1 Å². The van der Waals surface area contributed by atoms with Gasteiger partial charge in [-0.3, -0.25) is 4.79 Å². The van der Waals surface area contributed by atoms with Crippen LogP contribution in [0, 0.1) is 6.92 Å². The van der Waals surface area contributed by atoms with Crippen molar-refractivity contribution < 1.29 is 27.5 Å². The number of anilines is 1. The number of carbonyl (C=O) groups is 2. The monoisotopic (exact) mass is 439 g/mol. The average Bonchev–Trinajstić information content (AvgIpc) is 2.59. The van der Waals surface area contributed by atoms with Gasteiger partial charge in [0.2, 0.25) is 5.91 Å². The zero-order valence-corrected chi connectivity index (χ0v) is 17.6. The smallest absolute Gasteiger partial charge is 0.416 e. The number of nitrogens with one attached hydrogen (secondary N) is 2. The lowest BCUT2D eigenvalue weighted by Crippen LogP contribution is -2.62. The van der Waals surface area contributed by atoms with Crippen molar-refractivity contribution in [2.75, 3.05) is 25.0 Å². The predicted molar refractivity (Wildman–Crippen MR) is 108 cm³/mol. The van der Waals surface area contributed by atoms with Gasteiger partial charge in [0.25, 0.3) is 0 Å². The fraction of sp³-hybridized carbons (Fsp3) is 0.500. The van der Waals surface area contributed by atoms with Crippen molar-refractivity contribution in [3.63, 3.8) is 0 Å². The molecule has 0 unspecified atom stereocenters. The lowest BCUT2D eigenvalue weighted by atomic mass is 10.1. The Morgan fingerprint density at radius 3 is 2.48 bits per heavy atom. The fourth-order valence-corrected chi connectivity index (χ4v) is 3.04. The molecule has 0 bridgehead atoms. The minimum atomic E-state index is -4.50. The van der Waals surface area contributed by atoms with Crippen LogP contribution < -0.4 is 10.6 Å². The van der Waals surface area contributed by atoms with E-state index in [-0.39, 0.29) is 29.7 Å². The molecule has 1 saturated heterocycles. The molecule has 11 heteroatoms. The summed E-state index contributed by atoms with van der Waals surface area (Å²) < 4.78 is 44.4. The van der Waals surface area contributed by atoms with Crippen LogP contribution in [0.2, 0.25) is 0 Å². The first kappa shape index (κ1) is 22.6. The van der Waals surface area contributed by atoms with Crippen molar-refractivity contribution in [3.8, 4) is 0 Å². The zero-order chi connectivity index (χ0) is 23.0. The highest BCUT2D eigenvalue weighted by atomic mass is 19.4. The van der Waals surface area contributed by atoms with Gasteiger partial charge in [0.1, 0.15) is 17.2 Å². The molecule has 0 saturated carbocycles. The number of benzene rings is 1. The second-order valence-corrected chi connectivity index (χ2v) is 8.35. The predicted octanol–water partition coefficient (Wildman–Crippen LogP) is 3.10. The number of fused-ring (bicyclic) bond motifs is 1. The van der Waals surface area contributed by atoms with Crippen molar-refractivity contribution in [1.82, 2.24) is 20.2 Å². The Labute approximate surface area is 177 Å². The molecule has 8 nitrogen and oxygen atoms in total. The second-order valence-electron chi connectivity index (χ2n) is 8.35. The van der Waals surface area contributed by atoms with E-state index in [9.17, 15) is 22.8 Å². The number of ether oxygens (including phenoxy) is 1. The number of halogens is 3. The van der Waals surface area contributed by atoms with Crippen molar-refractivity contribution in [2.45, 2.75) is 45.5 Å². The maximum Gasteiger partial charge on any atom is 0.416 e. The quantitative estimate of drug-likeness (QED) is 0.760. The molecule has 31 heavy (non-hydrogen) atoms. The number of aromatic nitrogens is 2. The van der Waals surface area contributed by atoms with E-state index >= 15 is 0 Å². The Morgan fingerprint density at radius 1 is 1.19 bits per heavy atom. The molecule has 2 heterocycles. The van der Waals surface area contributed by atoms with Gasteiger partial charge in [-0.15, -0.1) is 0 Å². The molecule has 2 N–H and O–H groups in total. The van der Waals surface area contributed by atoms with Gasteiger partial charge in [-0.2, -0.15) is 13.2 Å². The van der Waals surface area contributed by atoms with Gasteiger partial charge >= 0.3 is 12.3 Å². The minimum Gasteiger partial charge on any atom is -0.444 e. The largest absolute Gasteiger partial charge is 0.444 e. The molecular formula is C20H24F3N5O3. The standard InChI is InChI=1S/C20H24F3N5O3/c1-11-25-15-6-5-12(20(21,22)23)7-14(15)17(26-11)24-8-16(29)27-13-9-28(10-13)18(30)31-19(2,3)4/h5-7,13H,8-10H2,1-4H3,(H,27,29)(H,24,25,26). The third-order valence-electron chi connectivity index (χ3n) is 4.45. The first-order chi connectivity index (χ1) is 14.3. The van der Waals surface area contributed by atoms with E-state index in [2.05, 4.69) is 20.6 Å². The number of rotatable bonds is 4. The highest BCUT2D eigenvalue weighted by Crippen LogP contribution is 2.32. The molecule has 0 aliphatic carbocycles. The third kappa shape index (κ3) is 5.74. The highest BCUT2D eigenvalue weighted by molar-refractivity contribution is 5.91. The first-order valence-electron chi connectivity index (χ1n) is 9.68. The molecule has 0 spiro atoms. The summed E-state index contributed by atoms with van der Waals surface area (Å²) >= 11 is 0. The van der Waals surface area contributed by atoms with E-state index in [0.717, 1.165) is 12.1 Å². The zero-order valence-electron chi connectivity index (χ0n) is 17.6. The van der Waals surface area contributed by atoms with Crippen LogP contribution in [0.4, 0.5) is 23.8 Å². The Morgan fingerprint density at radius 2 is 1.87 bits per heavy atom. The van der Waals surface area contributed by atoms with Crippen LogP contribution in [0.1, 0.15) is 32.2 Å². The van der Waals surface area contributed by atoms with Crippen LogP contribution >= 0.6 is 0 Å². The molecule has 1 aliphatic heterocycles. The topological polar surface area (TPSA) is 96.5 Å². The normalized spacial score (nSPS) is 14.9. The molecule has 2 aromatic rings. The summed E-state index contributed by atoms with van der Waals surface area (Å²) in [6, 6.07) is 2.97. The minimum absolute atomic E-state index is 0.146. The van der Waals surface area contributed by atoms with Crippen molar-refractivity contribution >= 4 is 28.7 Å². The van der Waals surface area contributed by atoms with E-state index in [1.165, 1.54) is 11.0 Å². The molecule has 1 aromatic heterocycles. The van der Waals surface area contributed by atoms with Crippen LogP contribution in [0.3, 0.4) is 0 Å². The molecular weight excluding hydrogens is 415 g/mol. The highest BCUT2D eigenvalue weighted by Gasteiger charge is 2.34. The van der Waals surface area contributed by atoms with Gasteiger partial charge in [0, 0.05) is 18.5 Å². The molecule has 1 aliphatic rings. The first-order valence-corrected chi connectivity index (χ1v) is 9.68. The lowest BCUT2D eigenvalue weighted by molar-refractivity contribution is -0.137. The van der Waals surface area contributed by atoms with E-state index in [1.807, 2.05) is 0 Å². The van der Waals surface area contributed by atoms with Gasteiger partial charge in [-0.05, 0) is 45.9 Å². The molecule has 0 atom stereocenters. The SMILES string of the molecule is Cc1nc(NCC(=O)NC2CN(C(=O)OC(C)(C)C)C2)c2cc(C(F)(F)F)ccc2n1. The summed E-state index contributed by atoms with van der Waals surface area (Å²) in [7, 11) is 0. The Balaban J connectivity index is 1.59. The van der Waals surface area contributed by atoms with Gasteiger partial charge in [0.05, 0.1) is 23.7 Å². The van der Waals surface area contributed by atoms with Crippen molar-refractivity contribution in [2.24, 2.45) is 0 Å². The summed E-state index contributed by atoms with van der Waals surface area (Å²) in [5, 5.41) is 5.72. The number of nitrogens with zero attached hydrogens (tertiary/aromatic N) is 3. The Hall–Kier alpha value is -3.11. The van der Waals surface area contributed by atoms with Gasteiger partial charge in [-0.1, -0.05) is 0 Å². The maximum atomic E-state index is 13.0. The third-order valence-corrected chi connectivity index (χ3v) is 4.45. The van der Waals surface area contributed by atoms with Crippen molar-refractivity contribution in [1.29, 1.82) is 0 Å². The second kappa shape index (κ2) is 8.20. The van der Waals surface area contributed by atoms with Gasteiger partial charge in [0.15, 0.2) is 0 Å². The molecule has 3 rings (SSSR count). The van der Waals surface area contributed by atoms with Crippen LogP contribution in [0.25, 0.3) is 10.9 Å². The van der Waals surface area contributed by atoms with Crippen molar-refractivity contribution in [3.05, 3.63) is 29.6 Å². The number of hydrogen-bond donors (Lipinski definition) is 2. The van der Waals surface area contributed by atoms with Crippen LogP contribution in [-0.2, 0) is 15.7 Å². The Bertz CT molecular complexity index is 998. The number of likely N-dealkylation sites (tertiary alicyclic amines) is 1. The summed E-state index contributed by atoms with van der Waals surface area (Å²) in [5.41, 5.74) is -1.08. The van der Waals surface area contributed by atoms with E-state index in [0.29, 0.717) is 24.4 Å². The van der Waals surface area contributed by atoms with E-state index < -0.39 is 23.4 Å². The molecule has 168 valence electrons. The number of aryl methyl sites for hydroxylation is 1. The average molecular weight is 439 g/mol. The fourth-order valence-electron chi connectivity index (χ4n) is 3.04. The lowest BCUT2D eigenvalue weighted by Gasteiger charge is -2.39. The molecule has 1 aromatic carbocycles. The van der Waals surface area contributed by atoms with Gasteiger partial charge < -0.3 is 20.3 Å². The number of alkyl halides is 3. The van der Waals surface area contributed by atoms with Crippen LogP contribution in [0.15, 0.2) is 18.2 Å². The number of carbonyl (C=O) groups excluding carboxylic acids is 2. The Kier molecular flexibility index (Phi) is 5.97. The maximum absolute atomic E-state index is 13.0.